The molecule has 0 aliphatic carbocycles. The summed E-state index contributed by atoms with van der Waals surface area (Å²) >= 11 is 0. The van der Waals surface area contributed by atoms with E-state index >= 15 is 0 Å². The molecule has 2 aliphatic heterocycles. The van der Waals surface area contributed by atoms with E-state index in [9.17, 15) is 13.6 Å². The number of halogens is 2. The molecule has 0 atom stereocenters. The number of H-pyrrole nitrogens is 1. The number of nitrogens with one attached hydrogen (secondary N) is 1. The first-order valence-corrected chi connectivity index (χ1v) is 11.9. The summed E-state index contributed by atoms with van der Waals surface area (Å²) in [6, 6.07) is 14.2. The quantitative estimate of drug-likeness (QED) is 0.436. The Hall–Kier alpha value is -3.98. The van der Waals surface area contributed by atoms with Crippen LogP contribution in [0.15, 0.2) is 60.9 Å². The smallest absolute Gasteiger partial charge is 0.395 e. The van der Waals surface area contributed by atoms with Gasteiger partial charge in [-0.25, -0.2) is 4.98 Å². The van der Waals surface area contributed by atoms with Crippen LogP contribution in [0.2, 0.25) is 0 Å². The number of likely N-dealkylation sites (N-methyl/N-ethyl adjacent to an activating group) is 1. The molecule has 1 fully saturated rings. The normalized spacial score (nSPS) is 17.0. The maximum absolute atomic E-state index is 13.7. The van der Waals surface area contributed by atoms with Crippen LogP contribution in [0, 0.1) is 0 Å². The number of aromatic amines is 1. The first kappa shape index (κ1) is 22.5. The van der Waals surface area contributed by atoms with Crippen molar-refractivity contribution in [1.82, 2.24) is 19.8 Å². The highest BCUT2D eigenvalue weighted by molar-refractivity contribution is 5.99. The van der Waals surface area contributed by atoms with E-state index in [1.165, 1.54) is 6.07 Å². The van der Waals surface area contributed by atoms with Crippen LogP contribution in [0.25, 0.3) is 33.3 Å². The highest BCUT2D eigenvalue weighted by Crippen LogP contribution is 2.48. The van der Waals surface area contributed by atoms with E-state index in [2.05, 4.69) is 26.5 Å². The zero-order valence-corrected chi connectivity index (χ0v) is 19.6. The van der Waals surface area contributed by atoms with Crippen molar-refractivity contribution in [2.45, 2.75) is 13.2 Å². The van der Waals surface area contributed by atoms with Gasteiger partial charge in [-0.1, -0.05) is 31.2 Å². The van der Waals surface area contributed by atoms with Crippen molar-refractivity contribution in [3.63, 3.8) is 0 Å². The van der Waals surface area contributed by atoms with Crippen molar-refractivity contribution in [1.29, 1.82) is 0 Å². The van der Waals surface area contributed by atoms with Gasteiger partial charge in [0.1, 0.15) is 5.65 Å². The van der Waals surface area contributed by atoms with E-state index in [-0.39, 0.29) is 17.4 Å². The number of nitrogens with zero attached hydrogens (tertiary/aromatic N) is 3. The maximum atomic E-state index is 13.7. The molecule has 0 unspecified atom stereocenters. The molecular formula is C27H24F2N4O3. The molecule has 7 nitrogen and oxygen atoms in total. The fourth-order valence-electron chi connectivity index (χ4n) is 4.85. The Morgan fingerprint density at radius 3 is 2.64 bits per heavy atom. The van der Waals surface area contributed by atoms with Crippen molar-refractivity contribution >= 4 is 16.9 Å². The third-order valence-corrected chi connectivity index (χ3v) is 6.80. The van der Waals surface area contributed by atoms with Crippen LogP contribution in [0.4, 0.5) is 8.78 Å². The molecule has 1 amide bonds. The Morgan fingerprint density at radius 1 is 1.03 bits per heavy atom. The second kappa shape index (κ2) is 8.60. The lowest BCUT2D eigenvalue weighted by atomic mass is 10.00. The summed E-state index contributed by atoms with van der Waals surface area (Å²) in [5.41, 5.74) is 4.03. The van der Waals surface area contributed by atoms with Crippen molar-refractivity contribution < 1.29 is 23.0 Å². The third-order valence-electron chi connectivity index (χ3n) is 6.80. The topological polar surface area (TPSA) is 70.7 Å². The van der Waals surface area contributed by atoms with E-state index in [1.54, 1.807) is 24.5 Å². The number of rotatable bonds is 4. The van der Waals surface area contributed by atoms with Crippen LogP contribution >= 0.6 is 0 Å². The molecule has 2 aromatic heterocycles. The average Bonchev–Trinajstić information content (AvgIpc) is 3.47. The van der Waals surface area contributed by atoms with E-state index in [0.29, 0.717) is 35.4 Å². The van der Waals surface area contributed by atoms with Gasteiger partial charge in [-0.15, -0.1) is 8.78 Å². The molecular weight excluding hydrogens is 466 g/mol. The van der Waals surface area contributed by atoms with Crippen molar-refractivity contribution in [3.8, 4) is 33.8 Å². The molecule has 1 saturated heterocycles. The Morgan fingerprint density at radius 2 is 1.83 bits per heavy atom. The van der Waals surface area contributed by atoms with Crippen LogP contribution in [0.5, 0.6) is 11.5 Å². The Kier molecular flexibility index (Phi) is 5.37. The second-order valence-corrected chi connectivity index (χ2v) is 8.93. The number of benzene rings is 2. The standard InChI is InChI=1S/C27H24F2N4O3/c1-2-32-9-11-33(12-10-32)26(34)18-6-3-5-17(13-18)19-14-21-22(16-31-25(21)30-15-19)20-7-4-8-23-24(20)36-27(28,29)35-23/h3-8,13-16H,2,9-12H2,1H3,(H,30,31). The van der Waals surface area contributed by atoms with Gasteiger partial charge in [0.15, 0.2) is 11.5 Å². The predicted molar refractivity (Wildman–Crippen MR) is 131 cm³/mol. The van der Waals surface area contributed by atoms with E-state index in [0.717, 1.165) is 36.1 Å². The molecule has 1 N–H and O–H groups in total. The number of carbonyl (C=O) groups excluding carboxylic acids is 1. The first-order valence-electron chi connectivity index (χ1n) is 11.9. The van der Waals surface area contributed by atoms with Gasteiger partial charge in [0.25, 0.3) is 5.91 Å². The first-order chi connectivity index (χ1) is 17.4. The average molecular weight is 491 g/mol. The number of hydrogen-bond acceptors (Lipinski definition) is 5. The molecule has 6 rings (SSSR count). The Labute approximate surface area is 206 Å². The molecule has 184 valence electrons. The van der Waals surface area contributed by atoms with Crippen LogP contribution < -0.4 is 9.47 Å². The van der Waals surface area contributed by atoms with Crippen LogP contribution in [-0.2, 0) is 0 Å². The molecule has 4 aromatic rings. The number of carbonyl (C=O) groups is 1. The summed E-state index contributed by atoms with van der Waals surface area (Å²) in [5, 5.41) is 0.743. The zero-order chi connectivity index (χ0) is 24.9. The maximum Gasteiger partial charge on any atom is 0.586 e. The van der Waals surface area contributed by atoms with Crippen molar-refractivity contribution in [2.24, 2.45) is 0 Å². The number of pyridine rings is 1. The lowest BCUT2D eigenvalue weighted by Gasteiger charge is -2.34. The monoisotopic (exact) mass is 490 g/mol. The van der Waals surface area contributed by atoms with Gasteiger partial charge in [0.05, 0.1) is 0 Å². The Balaban J connectivity index is 1.33. The van der Waals surface area contributed by atoms with Gasteiger partial charge in [0.2, 0.25) is 0 Å². The highest BCUT2D eigenvalue weighted by Gasteiger charge is 2.44. The summed E-state index contributed by atoms with van der Waals surface area (Å²) in [6.45, 7) is 6.29. The highest BCUT2D eigenvalue weighted by atomic mass is 19.3. The zero-order valence-electron chi connectivity index (χ0n) is 19.6. The second-order valence-electron chi connectivity index (χ2n) is 8.93. The van der Waals surface area contributed by atoms with Gasteiger partial charge in [-0.05, 0) is 36.4 Å². The van der Waals surface area contributed by atoms with Gasteiger partial charge >= 0.3 is 6.29 Å². The number of alkyl halides is 2. The minimum Gasteiger partial charge on any atom is -0.395 e. The molecule has 2 aliphatic rings. The fraction of sp³-hybridized carbons (Fsp3) is 0.259. The van der Waals surface area contributed by atoms with E-state index in [4.69, 9.17) is 4.74 Å². The van der Waals surface area contributed by atoms with Gasteiger partial charge in [0, 0.05) is 66.2 Å². The minimum absolute atomic E-state index is 0.00966. The summed E-state index contributed by atoms with van der Waals surface area (Å²) in [6.07, 6.45) is -0.258. The fourth-order valence-corrected chi connectivity index (χ4v) is 4.85. The number of para-hydroxylation sites is 1. The summed E-state index contributed by atoms with van der Waals surface area (Å²) < 4.78 is 36.9. The van der Waals surface area contributed by atoms with Crippen LogP contribution in [0.3, 0.4) is 0 Å². The molecule has 0 radical (unpaired) electrons. The predicted octanol–water partition coefficient (Wildman–Crippen LogP) is 5.00. The number of hydrogen-bond donors (Lipinski definition) is 1. The van der Waals surface area contributed by atoms with Crippen LogP contribution in [-0.4, -0.2) is 64.7 Å². The molecule has 2 aromatic carbocycles. The number of piperazine rings is 1. The van der Waals surface area contributed by atoms with Crippen molar-refractivity contribution in [2.75, 3.05) is 32.7 Å². The summed E-state index contributed by atoms with van der Waals surface area (Å²) in [7, 11) is 0. The summed E-state index contributed by atoms with van der Waals surface area (Å²) in [4.78, 5) is 25.0. The molecule has 36 heavy (non-hydrogen) atoms. The van der Waals surface area contributed by atoms with Gasteiger partial charge < -0.3 is 24.3 Å². The molecule has 0 saturated carbocycles. The number of ether oxygens (including phenoxy) is 2. The van der Waals surface area contributed by atoms with E-state index in [1.807, 2.05) is 35.2 Å². The van der Waals surface area contributed by atoms with E-state index < -0.39 is 6.29 Å². The lowest BCUT2D eigenvalue weighted by Crippen LogP contribution is -2.48. The number of amides is 1. The van der Waals surface area contributed by atoms with Crippen molar-refractivity contribution in [3.05, 3.63) is 66.5 Å². The number of fused-ring (bicyclic) bond motifs is 2. The summed E-state index contributed by atoms with van der Waals surface area (Å²) in [5.74, 6) is -0.00610. The molecule has 0 spiro atoms. The molecule has 0 bridgehead atoms. The lowest BCUT2D eigenvalue weighted by molar-refractivity contribution is -0.286. The number of aromatic nitrogens is 2. The third kappa shape index (κ3) is 3.95. The molecule has 4 heterocycles. The SMILES string of the molecule is CCN1CCN(C(=O)c2cccc(-c3cnc4[nH]cc(-c5cccc6c5OC(F)(F)O6)c4c3)c2)CC1. The Bertz CT molecular complexity index is 1460. The van der Waals surface area contributed by atoms with Gasteiger partial charge in [-0.3, -0.25) is 4.79 Å². The van der Waals surface area contributed by atoms with Crippen LogP contribution in [0.1, 0.15) is 17.3 Å². The minimum atomic E-state index is -3.70. The molecule has 9 heteroatoms. The van der Waals surface area contributed by atoms with Gasteiger partial charge in [-0.2, -0.15) is 0 Å². The largest absolute Gasteiger partial charge is 0.586 e.